The summed E-state index contributed by atoms with van der Waals surface area (Å²) in [5.41, 5.74) is 9.06. The van der Waals surface area contributed by atoms with Crippen LogP contribution >= 0.6 is 0 Å². The molecule has 1 unspecified atom stereocenters. The van der Waals surface area contributed by atoms with Gasteiger partial charge in [-0.1, -0.05) is 52.0 Å². The Kier molecular flexibility index (Phi) is 7.25. The lowest BCUT2D eigenvalue weighted by molar-refractivity contribution is 0.156. The number of aryl methyl sites for hydroxylation is 1. The molecule has 0 spiro atoms. The van der Waals surface area contributed by atoms with E-state index in [1.54, 1.807) is 0 Å². The van der Waals surface area contributed by atoms with Gasteiger partial charge in [0.15, 0.2) is 0 Å². The maximum atomic E-state index is 6.48. The maximum absolute atomic E-state index is 6.48. The second-order valence-corrected chi connectivity index (χ2v) is 6.28. The van der Waals surface area contributed by atoms with E-state index < -0.39 is 0 Å². The fourth-order valence-corrected chi connectivity index (χ4v) is 3.00. The van der Waals surface area contributed by atoms with Crippen molar-refractivity contribution in [2.75, 3.05) is 13.1 Å². The van der Waals surface area contributed by atoms with Crippen LogP contribution in [-0.2, 0) is 0 Å². The SMILES string of the molecule is CCC(CC)N(CC(C)C)CC(N)c1ccccc1C. The first-order chi connectivity index (χ1) is 9.49. The monoisotopic (exact) mass is 276 g/mol. The Balaban J connectivity index is 2.80. The van der Waals surface area contributed by atoms with Crippen molar-refractivity contribution in [3.05, 3.63) is 35.4 Å². The molecule has 0 fully saturated rings. The minimum absolute atomic E-state index is 0.107. The van der Waals surface area contributed by atoms with Crippen LogP contribution in [-0.4, -0.2) is 24.0 Å². The Bertz CT molecular complexity index is 383. The number of hydrogen-bond donors (Lipinski definition) is 1. The molecule has 0 aliphatic carbocycles. The third-order valence-corrected chi connectivity index (χ3v) is 4.08. The maximum Gasteiger partial charge on any atom is 0.0427 e. The van der Waals surface area contributed by atoms with E-state index in [4.69, 9.17) is 5.73 Å². The third-order valence-electron chi connectivity index (χ3n) is 4.08. The lowest BCUT2D eigenvalue weighted by Gasteiger charge is -2.34. The highest BCUT2D eigenvalue weighted by Crippen LogP contribution is 2.20. The number of nitrogens with two attached hydrogens (primary N) is 1. The summed E-state index contributed by atoms with van der Waals surface area (Å²) in [4.78, 5) is 2.59. The van der Waals surface area contributed by atoms with Crippen LogP contribution in [0.3, 0.4) is 0 Å². The predicted octanol–water partition coefficient (Wildman–Crippen LogP) is 4.14. The highest BCUT2D eigenvalue weighted by molar-refractivity contribution is 5.28. The first-order valence-corrected chi connectivity index (χ1v) is 8.04. The van der Waals surface area contributed by atoms with Gasteiger partial charge in [-0.2, -0.15) is 0 Å². The molecule has 1 rings (SSSR count). The summed E-state index contributed by atoms with van der Waals surface area (Å²) < 4.78 is 0. The van der Waals surface area contributed by atoms with Crippen molar-refractivity contribution in [1.82, 2.24) is 4.90 Å². The largest absolute Gasteiger partial charge is 0.323 e. The molecule has 2 nitrogen and oxygen atoms in total. The second kappa shape index (κ2) is 8.43. The zero-order valence-corrected chi connectivity index (χ0v) is 13.9. The lowest BCUT2D eigenvalue weighted by atomic mass is 9.99. The summed E-state index contributed by atoms with van der Waals surface area (Å²) in [6, 6.07) is 9.24. The van der Waals surface area contributed by atoms with Crippen LogP contribution in [0.15, 0.2) is 24.3 Å². The molecule has 0 aromatic heterocycles. The fourth-order valence-electron chi connectivity index (χ4n) is 3.00. The summed E-state index contributed by atoms with van der Waals surface area (Å²) in [6.07, 6.45) is 2.40. The Labute approximate surface area is 125 Å². The topological polar surface area (TPSA) is 29.3 Å². The average molecular weight is 276 g/mol. The van der Waals surface area contributed by atoms with Crippen molar-refractivity contribution in [3.8, 4) is 0 Å². The standard InChI is InChI=1S/C18H32N2/c1-6-16(7-2)20(12-14(3)4)13-18(19)17-11-9-8-10-15(17)5/h8-11,14,16,18H,6-7,12-13,19H2,1-5H3. The molecule has 20 heavy (non-hydrogen) atoms. The van der Waals surface area contributed by atoms with E-state index in [1.165, 1.54) is 24.0 Å². The number of rotatable bonds is 8. The molecule has 0 bridgehead atoms. The molecule has 1 aromatic rings. The molecule has 0 radical (unpaired) electrons. The number of nitrogens with zero attached hydrogens (tertiary/aromatic N) is 1. The number of benzene rings is 1. The van der Waals surface area contributed by atoms with Gasteiger partial charge in [-0.15, -0.1) is 0 Å². The van der Waals surface area contributed by atoms with Crippen LogP contribution in [0.5, 0.6) is 0 Å². The zero-order valence-electron chi connectivity index (χ0n) is 13.9. The Morgan fingerprint density at radius 3 is 2.15 bits per heavy atom. The summed E-state index contributed by atoms with van der Waals surface area (Å²) in [6.45, 7) is 13.4. The molecule has 2 N–H and O–H groups in total. The van der Waals surface area contributed by atoms with Gasteiger partial charge in [0.05, 0.1) is 0 Å². The van der Waals surface area contributed by atoms with E-state index >= 15 is 0 Å². The van der Waals surface area contributed by atoms with E-state index in [2.05, 4.69) is 63.8 Å². The van der Waals surface area contributed by atoms with E-state index in [-0.39, 0.29) is 6.04 Å². The summed E-state index contributed by atoms with van der Waals surface area (Å²) in [7, 11) is 0. The first kappa shape index (κ1) is 17.2. The molecule has 0 saturated carbocycles. The van der Waals surface area contributed by atoms with Crippen LogP contribution < -0.4 is 5.73 Å². The lowest BCUT2D eigenvalue weighted by Crippen LogP contribution is -2.41. The van der Waals surface area contributed by atoms with E-state index in [0.717, 1.165) is 13.1 Å². The zero-order chi connectivity index (χ0) is 15.1. The van der Waals surface area contributed by atoms with Gasteiger partial charge in [-0.3, -0.25) is 4.90 Å². The molecule has 0 aliphatic heterocycles. The van der Waals surface area contributed by atoms with E-state index in [1.807, 2.05) is 0 Å². The first-order valence-electron chi connectivity index (χ1n) is 8.04. The Hall–Kier alpha value is -0.860. The van der Waals surface area contributed by atoms with E-state index in [0.29, 0.717) is 12.0 Å². The van der Waals surface area contributed by atoms with Gasteiger partial charge in [0.2, 0.25) is 0 Å². The highest BCUT2D eigenvalue weighted by atomic mass is 15.2. The highest BCUT2D eigenvalue weighted by Gasteiger charge is 2.20. The molecular weight excluding hydrogens is 244 g/mol. The minimum Gasteiger partial charge on any atom is -0.323 e. The van der Waals surface area contributed by atoms with Gasteiger partial charge >= 0.3 is 0 Å². The van der Waals surface area contributed by atoms with Crippen molar-refractivity contribution in [3.63, 3.8) is 0 Å². The predicted molar refractivity (Wildman–Crippen MR) is 88.9 cm³/mol. The van der Waals surface area contributed by atoms with Gasteiger partial charge in [0, 0.05) is 25.2 Å². The Morgan fingerprint density at radius 1 is 1.05 bits per heavy atom. The molecule has 0 saturated heterocycles. The van der Waals surface area contributed by atoms with Gasteiger partial charge in [0.25, 0.3) is 0 Å². The van der Waals surface area contributed by atoms with Crippen molar-refractivity contribution in [1.29, 1.82) is 0 Å². The molecule has 0 aliphatic rings. The molecule has 1 aromatic carbocycles. The normalized spacial score (nSPS) is 13.4. The van der Waals surface area contributed by atoms with Crippen LogP contribution in [0.25, 0.3) is 0 Å². The van der Waals surface area contributed by atoms with Gasteiger partial charge in [0.1, 0.15) is 0 Å². The van der Waals surface area contributed by atoms with Crippen LogP contribution in [0.1, 0.15) is 57.7 Å². The van der Waals surface area contributed by atoms with Gasteiger partial charge < -0.3 is 5.73 Å². The minimum atomic E-state index is 0.107. The van der Waals surface area contributed by atoms with Gasteiger partial charge in [-0.05, 0) is 36.8 Å². The van der Waals surface area contributed by atoms with Crippen molar-refractivity contribution in [2.45, 2.75) is 59.5 Å². The van der Waals surface area contributed by atoms with Gasteiger partial charge in [-0.25, -0.2) is 0 Å². The average Bonchev–Trinajstić information content (AvgIpc) is 2.39. The summed E-state index contributed by atoms with van der Waals surface area (Å²) in [5, 5.41) is 0. The number of hydrogen-bond acceptors (Lipinski definition) is 2. The molecule has 0 heterocycles. The molecular formula is C18H32N2. The fraction of sp³-hybridized carbons (Fsp3) is 0.667. The van der Waals surface area contributed by atoms with Crippen molar-refractivity contribution >= 4 is 0 Å². The van der Waals surface area contributed by atoms with Crippen molar-refractivity contribution < 1.29 is 0 Å². The molecule has 114 valence electrons. The quantitative estimate of drug-likeness (QED) is 0.773. The van der Waals surface area contributed by atoms with Crippen LogP contribution in [0, 0.1) is 12.8 Å². The summed E-state index contributed by atoms with van der Waals surface area (Å²) >= 11 is 0. The van der Waals surface area contributed by atoms with Crippen LogP contribution in [0.2, 0.25) is 0 Å². The van der Waals surface area contributed by atoms with Crippen molar-refractivity contribution in [2.24, 2.45) is 11.7 Å². The van der Waals surface area contributed by atoms with Crippen LogP contribution in [0.4, 0.5) is 0 Å². The summed E-state index contributed by atoms with van der Waals surface area (Å²) in [5.74, 6) is 0.680. The Morgan fingerprint density at radius 2 is 1.65 bits per heavy atom. The molecule has 2 heteroatoms. The molecule has 1 atom stereocenters. The molecule has 0 amide bonds. The second-order valence-electron chi connectivity index (χ2n) is 6.28. The third kappa shape index (κ3) is 4.92. The smallest absolute Gasteiger partial charge is 0.0427 e. The van der Waals surface area contributed by atoms with E-state index in [9.17, 15) is 0 Å².